The molecule has 2 fully saturated rings. The van der Waals surface area contributed by atoms with Gasteiger partial charge in [-0.3, -0.25) is 4.79 Å². The third kappa shape index (κ3) is 5.42. The third-order valence-corrected chi connectivity index (χ3v) is 8.00. The summed E-state index contributed by atoms with van der Waals surface area (Å²) in [5.41, 5.74) is 1.15. The molecule has 0 aliphatic carbocycles. The zero-order valence-electron chi connectivity index (χ0n) is 17.8. The Labute approximate surface area is 174 Å². The van der Waals surface area contributed by atoms with Crippen molar-refractivity contribution in [2.75, 3.05) is 56.2 Å². The predicted octanol–water partition coefficient (Wildman–Crippen LogP) is 0.214. The Hall–Kier alpha value is -1.80. The summed E-state index contributed by atoms with van der Waals surface area (Å²) in [4.78, 5) is 18.6. The SMILES string of the molecule is CC[C@H](C)N(C(=O)C[NH+]1CCN(c2cccc(OC)c2)CC1)[C@H]1CCS(=O)(=O)C1. The van der Waals surface area contributed by atoms with E-state index in [1.165, 1.54) is 4.90 Å². The molecular weight excluding hydrogens is 390 g/mol. The van der Waals surface area contributed by atoms with Crippen molar-refractivity contribution < 1.29 is 22.8 Å². The van der Waals surface area contributed by atoms with Gasteiger partial charge in [-0.2, -0.15) is 0 Å². The van der Waals surface area contributed by atoms with Gasteiger partial charge < -0.3 is 19.4 Å². The van der Waals surface area contributed by atoms with Crippen molar-refractivity contribution in [1.82, 2.24) is 4.90 Å². The van der Waals surface area contributed by atoms with E-state index >= 15 is 0 Å². The van der Waals surface area contributed by atoms with Gasteiger partial charge in [-0.05, 0) is 31.9 Å². The Bertz CT molecular complexity index is 806. The van der Waals surface area contributed by atoms with Crippen LogP contribution in [-0.2, 0) is 14.6 Å². The molecule has 162 valence electrons. The molecule has 1 aromatic rings. The van der Waals surface area contributed by atoms with E-state index in [9.17, 15) is 13.2 Å². The summed E-state index contributed by atoms with van der Waals surface area (Å²) in [5.74, 6) is 1.25. The summed E-state index contributed by atoms with van der Waals surface area (Å²) >= 11 is 0. The molecule has 1 amide bonds. The van der Waals surface area contributed by atoms with Gasteiger partial charge in [0.2, 0.25) is 0 Å². The van der Waals surface area contributed by atoms with E-state index in [2.05, 4.69) is 11.0 Å². The van der Waals surface area contributed by atoms with Gasteiger partial charge in [0.25, 0.3) is 5.91 Å². The topological polar surface area (TPSA) is 71.4 Å². The van der Waals surface area contributed by atoms with Gasteiger partial charge in [0.1, 0.15) is 5.75 Å². The highest BCUT2D eigenvalue weighted by molar-refractivity contribution is 7.91. The number of nitrogens with zero attached hydrogens (tertiary/aromatic N) is 2. The number of quaternary nitrogens is 1. The van der Waals surface area contributed by atoms with Crippen molar-refractivity contribution in [1.29, 1.82) is 0 Å². The number of sulfone groups is 1. The normalized spacial score (nSPS) is 23.0. The van der Waals surface area contributed by atoms with Crippen molar-refractivity contribution in [3.63, 3.8) is 0 Å². The molecule has 3 rings (SSSR count). The van der Waals surface area contributed by atoms with E-state index in [-0.39, 0.29) is 29.5 Å². The Morgan fingerprint density at radius 2 is 2.07 bits per heavy atom. The largest absolute Gasteiger partial charge is 0.497 e. The van der Waals surface area contributed by atoms with Crippen LogP contribution in [0.2, 0.25) is 0 Å². The highest BCUT2D eigenvalue weighted by atomic mass is 32.2. The van der Waals surface area contributed by atoms with Crippen LogP contribution in [0.4, 0.5) is 5.69 Å². The first-order valence-electron chi connectivity index (χ1n) is 10.6. The molecule has 7 nitrogen and oxygen atoms in total. The van der Waals surface area contributed by atoms with Crippen LogP contribution in [0.15, 0.2) is 24.3 Å². The lowest BCUT2D eigenvalue weighted by Gasteiger charge is -2.37. The van der Waals surface area contributed by atoms with Gasteiger partial charge in [0.15, 0.2) is 16.4 Å². The minimum absolute atomic E-state index is 0.0678. The molecule has 0 aromatic heterocycles. The lowest BCUT2D eigenvalue weighted by molar-refractivity contribution is -0.892. The van der Waals surface area contributed by atoms with Crippen molar-refractivity contribution in [3.8, 4) is 5.75 Å². The van der Waals surface area contributed by atoms with Crippen molar-refractivity contribution in [3.05, 3.63) is 24.3 Å². The van der Waals surface area contributed by atoms with Gasteiger partial charge in [-0.15, -0.1) is 0 Å². The van der Waals surface area contributed by atoms with Gasteiger partial charge >= 0.3 is 0 Å². The average Bonchev–Trinajstić information content (AvgIpc) is 3.07. The number of hydrogen-bond acceptors (Lipinski definition) is 5. The summed E-state index contributed by atoms with van der Waals surface area (Å²) in [6.45, 7) is 8.06. The standard InChI is InChI=1S/C21H33N3O4S/c1-4-17(2)24(19-8-13-29(26,27)16-19)21(25)15-22-9-11-23(12-10-22)18-6-5-7-20(14-18)28-3/h5-7,14,17,19H,4,8-13,15-16H2,1-3H3/p+1/t17-,19-/m0/s1. The van der Waals surface area contributed by atoms with Crippen LogP contribution in [0.1, 0.15) is 26.7 Å². The minimum atomic E-state index is -3.01. The molecule has 29 heavy (non-hydrogen) atoms. The van der Waals surface area contributed by atoms with Crippen LogP contribution < -0.4 is 14.5 Å². The van der Waals surface area contributed by atoms with Crippen LogP contribution >= 0.6 is 0 Å². The number of carbonyl (C=O) groups is 1. The van der Waals surface area contributed by atoms with Gasteiger partial charge in [-0.25, -0.2) is 8.42 Å². The zero-order chi connectivity index (χ0) is 21.0. The molecule has 2 heterocycles. The third-order valence-electron chi connectivity index (χ3n) is 6.25. The maximum Gasteiger partial charge on any atom is 0.278 e. The van der Waals surface area contributed by atoms with E-state index < -0.39 is 9.84 Å². The molecular formula is C21H34N3O4S+. The molecule has 0 radical (unpaired) electrons. The molecule has 2 saturated heterocycles. The van der Waals surface area contributed by atoms with Crippen molar-refractivity contribution in [2.45, 2.75) is 38.8 Å². The first-order valence-corrected chi connectivity index (χ1v) is 12.4. The Balaban J connectivity index is 1.58. The predicted molar refractivity (Wildman–Crippen MR) is 114 cm³/mol. The number of nitrogens with one attached hydrogen (secondary N) is 1. The van der Waals surface area contributed by atoms with Gasteiger partial charge in [0, 0.05) is 23.8 Å². The fraction of sp³-hybridized carbons (Fsp3) is 0.667. The number of rotatable bonds is 7. The van der Waals surface area contributed by atoms with E-state index in [0.29, 0.717) is 13.0 Å². The van der Waals surface area contributed by atoms with E-state index in [1.807, 2.05) is 36.9 Å². The van der Waals surface area contributed by atoms with Crippen LogP contribution in [0.5, 0.6) is 5.75 Å². The number of anilines is 1. The van der Waals surface area contributed by atoms with E-state index in [0.717, 1.165) is 44.0 Å². The fourth-order valence-corrected chi connectivity index (χ4v) is 6.08. The molecule has 2 atom stereocenters. The summed E-state index contributed by atoms with van der Waals surface area (Å²) in [6, 6.07) is 7.97. The highest BCUT2D eigenvalue weighted by Crippen LogP contribution is 2.22. The second kappa shape index (κ2) is 9.34. The highest BCUT2D eigenvalue weighted by Gasteiger charge is 2.38. The molecule has 0 bridgehead atoms. The number of piperazine rings is 1. The molecule has 1 N–H and O–H groups in total. The quantitative estimate of drug-likeness (QED) is 0.678. The second-order valence-electron chi connectivity index (χ2n) is 8.23. The molecule has 1 aromatic carbocycles. The van der Waals surface area contributed by atoms with Crippen molar-refractivity contribution in [2.24, 2.45) is 0 Å². The Kier molecular flexibility index (Phi) is 7.05. The number of hydrogen-bond donors (Lipinski definition) is 1. The van der Waals surface area contributed by atoms with Crippen LogP contribution in [0.3, 0.4) is 0 Å². The monoisotopic (exact) mass is 424 g/mol. The first-order chi connectivity index (χ1) is 13.8. The van der Waals surface area contributed by atoms with Crippen LogP contribution in [0, 0.1) is 0 Å². The van der Waals surface area contributed by atoms with Crippen molar-refractivity contribution >= 4 is 21.4 Å². The van der Waals surface area contributed by atoms with Gasteiger partial charge in [0.05, 0.1) is 44.8 Å². The number of benzene rings is 1. The maximum atomic E-state index is 13.1. The van der Waals surface area contributed by atoms with E-state index in [4.69, 9.17) is 4.74 Å². The number of methoxy groups -OCH3 is 1. The fourth-order valence-electron chi connectivity index (χ4n) is 4.37. The first kappa shape index (κ1) is 21.9. The molecule has 2 aliphatic heterocycles. The molecule has 0 saturated carbocycles. The van der Waals surface area contributed by atoms with Crippen LogP contribution in [-0.4, -0.2) is 82.6 Å². The summed E-state index contributed by atoms with van der Waals surface area (Å²) < 4.78 is 29.2. The molecule has 8 heteroatoms. The number of ether oxygens (including phenoxy) is 1. The smallest absolute Gasteiger partial charge is 0.278 e. The zero-order valence-corrected chi connectivity index (χ0v) is 18.6. The Morgan fingerprint density at radius 3 is 2.66 bits per heavy atom. The summed E-state index contributed by atoms with van der Waals surface area (Å²) in [5, 5.41) is 0. The van der Waals surface area contributed by atoms with Gasteiger partial charge in [-0.1, -0.05) is 13.0 Å². The summed E-state index contributed by atoms with van der Waals surface area (Å²) in [7, 11) is -1.34. The maximum absolute atomic E-state index is 13.1. The lowest BCUT2D eigenvalue weighted by atomic mass is 10.1. The minimum Gasteiger partial charge on any atom is -0.497 e. The van der Waals surface area contributed by atoms with Crippen LogP contribution in [0.25, 0.3) is 0 Å². The lowest BCUT2D eigenvalue weighted by Crippen LogP contribution is -3.16. The average molecular weight is 425 g/mol. The molecule has 0 spiro atoms. The Morgan fingerprint density at radius 1 is 1.34 bits per heavy atom. The molecule has 0 unspecified atom stereocenters. The summed E-state index contributed by atoms with van der Waals surface area (Å²) in [6.07, 6.45) is 1.40. The number of carbonyl (C=O) groups excluding carboxylic acids is 1. The van der Waals surface area contributed by atoms with E-state index in [1.54, 1.807) is 7.11 Å². The molecule has 2 aliphatic rings. The number of amides is 1. The second-order valence-corrected chi connectivity index (χ2v) is 10.5.